The third-order valence-corrected chi connectivity index (χ3v) is 0.976. The van der Waals surface area contributed by atoms with Gasteiger partial charge in [0, 0.05) is 5.57 Å². The molecule has 0 rings (SSSR count). The van der Waals surface area contributed by atoms with Crippen LogP contribution in [0.4, 0.5) is 13.2 Å². The fraction of sp³-hybridized carbons (Fsp3) is 0.571. The number of alkyl halides is 3. The van der Waals surface area contributed by atoms with Crippen molar-refractivity contribution in [2.75, 3.05) is 6.67 Å². The number of carbonyl (C=O) groups is 1. The van der Waals surface area contributed by atoms with Gasteiger partial charge in [0.05, 0.1) is 13.1 Å². The minimum Gasteiger partial charge on any atom is -0.397 e. The lowest BCUT2D eigenvalue weighted by Gasteiger charge is -2.14. The zero-order valence-corrected chi connectivity index (χ0v) is 6.57. The van der Waals surface area contributed by atoms with Crippen molar-refractivity contribution in [1.29, 1.82) is 0 Å². The summed E-state index contributed by atoms with van der Waals surface area (Å²) in [4.78, 5) is 10.5. The summed E-state index contributed by atoms with van der Waals surface area (Å²) in [5.41, 5.74) is -0.145. The van der Waals surface area contributed by atoms with Crippen molar-refractivity contribution >= 4 is 5.97 Å². The molecule has 0 aromatic rings. The lowest BCUT2D eigenvalue weighted by Crippen LogP contribution is -2.25. The molecule has 0 spiro atoms. The number of ether oxygens (including phenoxy) is 1. The number of hydrogen-bond donors (Lipinski definition) is 0. The molecule has 0 radical (unpaired) electrons. The zero-order valence-electron chi connectivity index (χ0n) is 6.57. The van der Waals surface area contributed by atoms with E-state index in [0.29, 0.717) is 0 Å². The van der Waals surface area contributed by atoms with E-state index >= 15 is 0 Å². The van der Waals surface area contributed by atoms with Crippen LogP contribution in [0.5, 0.6) is 0 Å². The van der Waals surface area contributed by atoms with Crippen LogP contribution in [0.1, 0.15) is 13.3 Å². The van der Waals surface area contributed by atoms with Gasteiger partial charge in [-0.3, -0.25) is 4.39 Å². The maximum absolute atomic E-state index is 12.3. The normalized spacial score (nSPS) is 11.0. The highest BCUT2D eigenvalue weighted by Gasteiger charge is 2.33. The van der Waals surface area contributed by atoms with Crippen molar-refractivity contribution in [2.45, 2.75) is 19.5 Å². The Kier molecular flexibility index (Phi) is 3.79. The highest BCUT2D eigenvalue weighted by Crippen LogP contribution is 2.21. The maximum atomic E-state index is 12.3. The van der Waals surface area contributed by atoms with E-state index in [1.807, 2.05) is 0 Å². The van der Waals surface area contributed by atoms with Crippen molar-refractivity contribution in [3.05, 3.63) is 12.2 Å². The Balaban J connectivity index is 4.05. The Morgan fingerprint density at radius 2 is 2.08 bits per heavy atom. The topological polar surface area (TPSA) is 26.3 Å². The predicted octanol–water partition coefficient (Wildman–Crippen LogP) is 2.06. The Morgan fingerprint density at radius 1 is 1.58 bits per heavy atom. The standard InChI is InChI=1S/C7H9F3O2/c1-5(2)6(11)12-7(9,10)3-4-8/h1,3-4H2,2H3. The molecule has 0 heterocycles. The van der Waals surface area contributed by atoms with E-state index in [9.17, 15) is 18.0 Å². The van der Waals surface area contributed by atoms with Gasteiger partial charge in [-0.1, -0.05) is 6.58 Å². The van der Waals surface area contributed by atoms with Gasteiger partial charge in [-0.2, -0.15) is 8.78 Å². The molecule has 0 aliphatic rings. The first-order valence-electron chi connectivity index (χ1n) is 3.21. The molecule has 5 heteroatoms. The van der Waals surface area contributed by atoms with Crippen molar-refractivity contribution in [3.63, 3.8) is 0 Å². The van der Waals surface area contributed by atoms with Gasteiger partial charge in [-0.05, 0) is 6.92 Å². The van der Waals surface area contributed by atoms with Crippen molar-refractivity contribution in [1.82, 2.24) is 0 Å². The molecule has 0 aromatic heterocycles. The molecule has 0 saturated heterocycles. The third-order valence-electron chi connectivity index (χ3n) is 0.976. The van der Waals surface area contributed by atoms with Crippen LogP contribution in [0.2, 0.25) is 0 Å². The van der Waals surface area contributed by atoms with Gasteiger partial charge in [-0.15, -0.1) is 0 Å². The maximum Gasteiger partial charge on any atom is 0.402 e. The van der Waals surface area contributed by atoms with Crippen LogP contribution in [-0.4, -0.2) is 18.8 Å². The summed E-state index contributed by atoms with van der Waals surface area (Å²) in [7, 11) is 0. The van der Waals surface area contributed by atoms with Gasteiger partial charge in [0.2, 0.25) is 0 Å². The second-order valence-electron chi connectivity index (χ2n) is 2.25. The first-order valence-corrected chi connectivity index (χ1v) is 3.21. The Bertz CT molecular complexity index is 189. The first-order chi connectivity index (χ1) is 5.39. The van der Waals surface area contributed by atoms with Crippen LogP contribution in [0.3, 0.4) is 0 Å². The Morgan fingerprint density at radius 3 is 2.42 bits per heavy atom. The Hall–Kier alpha value is -1.00. The highest BCUT2D eigenvalue weighted by molar-refractivity contribution is 5.87. The minimum absolute atomic E-state index is 0.145. The van der Waals surface area contributed by atoms with Gasteiger partial charge < -0.3 is 4.74 Å². The fourth-order valence-corrected chi connectivity index (χ4v) is 0.384. The van der Waals surface area contributed by atoms with Crippen LogP contribution in [0.25, 0.3) is 0 Å². The average Bonchev–Trinajstić information content (AvgIpc) is 1.85. The zero-order chi connectivity index (χ0) is 9.78. The lowest BCUT2D eigenvalue weighted by molar-refractivity contribution is -0.232. The van der Waals surface area contributed by atoms with Gasteiger partial charge in [-0.25, -0.2) is 4.79 Å². The molecular weight excluding hydrogens is 173 g/mol. The van der Waals surface area contributed by atoms with E-state index in [2.05, 4.69) is 11.3 Å². The predicted molar refractivity (Wildman–Crippen MR) is 36.4 cm³/mol. The summed E-state index contributed by atoms with van der Waals surface area (Å²) in [6.45, 7) is 3.09. The quantitative estimate of drug-likeness (QED) is 0.491. The molecule has 0 fully saturated rings. The van der Waals surface area contributed by atoms with Crippen molar-refractivity contribution in [3.8, 4) is 0 Å². The summed E-state index contributed by atoms with van der Waals surface area (Å²) in [6, 6.07) is 0. The number of halogens is 3. The van der Waals surface area contributed by atoms with Gasteiger partial charge in [0.25, 0.3) is 0 Å². The van der Waals surface area contributed by atoms with E-state index < -0.39 is 25.2 Å². The summed E-state index contributed by atoms with van der Waals surface area (Å²) in [6.07, 6.45) is -4.85. The number of hydrogen-bond acceptors (Lipinski definition) is 2. The van der Waals surface area contributed by atoms with Crippen LogP contribution in [-0.2, 0) is 9.53 Å². The van der Waals surface area contributed by atoms with E-state index in [1.165, 1.54) is 6.92 Å². The van der Waals surface area contributed by atoms with E-state index in [1.54, 1.807) is 0 Å². The van der Waals surface area contributed by atoms with Crippen molar-refractivity contribution in [2.24, 2.45) is 0 Å². The van der Waals surface area contributed by atoms with E-state index in [-0.39, 0.29) is 5.57 Å². The molecule has 0 aromatic carbocycles. The molecule has 0 N–H and O–H groups in total. The monoisotopic (exact) mass is 182 g/mol. The number of carbonyl (C=O) groups excluding carboxylic acids is 1. The molecule has 12 heavy (non-hydrogen) atoms. The first kappa shape index (κ1) is 11.0. The Labute approximate surface area is 68.0 Å². The molecular formula is C7H9F3O2. The molecule has 0 aliphatic heterocycles. The summed E-state index contributed by atoms with van der Waals surface area (Å²) >= 11 is 0. The summed E-state index contributed by atoms with van der Waals surface area (Å²) in [5.74, 6) is -1.21. The molecule has 0 atom stereocenters. The van der Waals surface area contributed by atoms with Crippen LogP contribution >= 0.6 is 0 Å². The largest absolute Gasteiger partial charge is 0.402 e. The van der Waals surface area contributed by atoms with Crippen LogP contribution in [0.15, 0.2) is 12.2 Å². The molecule has 0 unspecified atom stereocenters. The van der Waals surface area contributed by atoms with Gasteiger partial charge in [0.15, 0.2) is 0 Å². The third kappa shape index (κ3) is 4.00. The summed E-state index contributed by atoms with van der Waals surface area (Å²) in [5, 5.41) is 0. The van der Waals surface area contributed by atoms with Crippen LogP contribution < -0.4 is 0 Å². The molecule has 0 bridgehead atoms. The van der Waals surface area contributed by atoms with Crippen molar-refractivity contribution < 1.29 is 22.7 Å². The minimum atomic E-state index is -3.73. The van der Waals surface area contributed by atoms with Gasteiger partial charge in [0.1, 0.15) is 0 Å². The van der Waals surface area contributed by atoms with E-state index in [0.717, 1.165) is 0 Å². The number of rotatable bonds is 4. The van der Waals surface area contributed by atoms with E-state index in [4.69, 9.17) is 0 Å². The second kappa shape index (κ2) is 4.13. The van der Waals surface area contributed by atoms with Gasteiger partial charge >= 0.3 is 12.1 Å². The molecule has 0 saturated carbocycles. The molecule has 0 amide bonds. The molecule has 0 aliphatic carbocycles. The fourth-order valence-electron chi connectivity index (χ4n) is 0.384. The average molecular weight is 182 g/mol. The SMILES string of the molecule is C=C(C)C(=O)OC(F)(F)CCF. The smallest absolute Gasteiger partial charge is 0.397 e. The highest BCUT2D eigenvalue weighted by atomic mass is 19.3. The second-order valence-corrected chi connectivity index (χ2v) is 2.25. The summed E-state index contributed by atoms with van der Waals surface area (Å²) < 4.78 is 39.7. The number of esters is 1. The lowest BCUT2D eigenvalue weighted by atomic mass is 10.3. The molecule has 2 nitrogen and oxygen atoms in total. The molecule has 70 valence electrons. The van der Waals surface area contributed by atoms with Crippen LogP contribution in [0, 0.1) is 0 Å².